The fourth-order valence-corrected chi connectivity index (χ4v) is 2.17. The molecule has 0 amide bonds. The molecule has 0 bridgehead atoms. The summed E-state index contributed by atoms with van der Waals surface area (Å²) in [7, 11) is 0. The average molecular weight is 255 g/mol. The molecule has 96 valence electrons. The zero-order valence-corrected chi connectivity index (χ0v) is 11.6. The summed E-state index contributed by atoms with van der Waals surface area (Å²) in [5, 5.41) is 3.51. The van der Waals surface area contributed by atoms with E-state index in [1.165, 1.54) is 5.56 Å². The molecule has 0 aliphatic rings. The van der Waals surface area contributed by atoms with Crippen molar-refractivity contribution in [2.45, 2.75) is 19.9 Å². The van der Waals surface area contributed by atoms with Gasteiger partial charge in [0.05, 0.1) is 0 Å². The van der Waals surface area contributed by atoms with E-state index in [0.717, 1.165) is 26.2 Å². The van der Waals surface area contributed by atoms with Gasteiger partial charge in [0.2, 0.25) is 0 Å². The van der Waals surface area contributed by atoms with Gasteiger partial charge in [-0.05, 0) is 18.7 Å². The summed E-state index contributed by atoms with van der Waals surface area (Å²) in [4.78, 5) is 2.41. The standard InChI is InChI=1S/C14H23ClN2/c1-3-17(4-2)11-10-16-14(12-15)13-8-6-5-7-9-13/h5-9,14,16H,3-4,10-12H2,1-2H3. The first-order valence-electron chi connectivity index (χ1n) is 6.38. The Kier molecular flexibility index (Phi) is 7.25. The fourth-order valence-electron chi connectivity index (χ4n) is 1.88. The van der Waals surface area contributed by atoms with Crippen LogP contribution in [0.2, 0.25) is 0 Å². The predicted octanol–water partition coefficient (Wildman–Crippen LogP) is 2.90. The molecule has 1 N–H and O–H groups in total. The summed E-state index contributed by atoms with van der Waals surface area (Å²) >= 11 is 6.01. The lowest BCUT2D eigenvalue weighted by Gasteiger charge is -2.21. The number of nitrogens with one attached hydrogen (secondary N) is 1. The van der Waals surface area contributed by atoms with Crippen LogP contribution in [0.4, 0.5) is 0 Å². The third-order valence-corrected chi connectivity index (χ3v) is 3.38. The number of nitrogens with zero attached hydrogens (tertiary/aromatic N) is 1. The van der Waals surface area contributed by atoms with Crippen LogP contribution < -0.4 is 5.32 Å². The minimum Gasteiger partial charge on any atom is -0.308 e. The topological polar surface area (TPSA) is 15.3 Å². The predicted molar refractivity (Wildman–Crippen MR) is 75.7 cm³/mol. The van der Waals surface area contributed by atoms with Crippen molar-refractivity contribution < 1.29 is 0 Å². The molecule has 1 aromatic carbocycles. The third kappa shape index (κ3) is 5.07. The molecule has 0 aliphatic heterocycles. The summed E-state index contributed by atoms with van der Waals surface area (Å²) in [6.45, 7) is 8.66. The quantitative estimate of drug-likeness (QED) is 0.718. The lowest BCUT2D eigenvalue weighted by atomic mass is 10.1. The summed E-state index contributed by atoms with van der Waals surface area (Å²) < 4.78 is 0. The Morgan fingerprint density at radius 1 is 1.18 bits per heavy atom. The van der Waals surface area contributed by atoms with Gasteiger partial charge in [0, 0.05) is 25.0 Å². The highest BCUT2D eigenvalue weighted by Gasteiger charge is 2.09. The van der Waals surface area contributed by atoms with Gasteiger partial charge in [-0.2, -0.15) is 0 Å². The van der Waals surface area contributed by atoms with Crippen molar-refractivity contribution >= 4 is 11.6 Å². The van der Waals surface area contributed by atoms with E-state index in [1.54, 1.807) is 0 Å². The van der Waals surface area contributed by atoms with Crippen LogP contribution >= 0.6 is 11.6 Å². The highest BCUT2D eigenvalue weighted by Crippen LogP contribution is 2.13. The molecule has 0 aliphatic carbocycles. The monoisotopic (exact) mass is 254 g/mol. The summed E-state index contributed by atoms with van der Waals surface area (Å²) in [6, 6.07) is 10.6. The van der Waals surface area contributed by atoms with Crippen LogP contribution in [0.3, 0.4) is 0 Å². The second-order valence-corrected chi connectivity index (χ2v) is 4.41. The van der Waals surface area contributed by atoms with Gasteiger partial charge in [-0.15, -0.1) is 11.6 Å². The normalized spacial score (nSPS) is 12.9. The van der Waals surface area contributed by atoms with Crippen LogP contribution in [-0.2, 0) is 0 Å². The SMILES string of the molecule is CCN(CC)CCNC(CCl)c1ccccc1. The minimum atomic E-state index is 0.258. The van der Waals surface area contributed by atoms with Crippen LogP contribution in [0.25, 0.3) is 0 Å². The fraction of sp³-hybridized carbons (Fsp3) is 0.571. The average Bonchev–Trinajstić information content (AvgIpc) is 2.40. The molecule has 0 radical (unpaired) electrons. The number of hydrogen-bond donors (Lipinski definition) is 1. The first-order valence-corrected chi connectivity index (χ1v) is 6.91. The van der Waals surface area contributed by atoms with Crippen LogP contribution in [0.5, 0.6) is 0 Å². The van der Waals surface area contributed by atoms with Gasteiger partial charge in [-0.1, -0.05) is 44.2 Å². The zero-order valence-electron chi connectivity index (χ0n) is 10.8. The van der Waals surface area contributed by atoms with E-state index >= 15 is 0 Å². The number of likely N-dealkylation sites (N-methyl/N-ethyl adjacent to an activating group) is 1. The maximum absolute atomic E-state index is 6.01. The summed E-state index contributed by atoms with van der Waals surface area (Å²) in [5.74, 6) is 0.613. The second kappa shape index (κ2) is 8.51. The molecule has 1 unspecified atom stereocenters. The molecule has 0 spiro atoms. The van der Waals surface area contributed by atoms with Gasteiger partial charge in [-0.25, -0.2) is 0 Å². The summed E-state index contributed by atoms with van der Waals surface area (Å²) in [5.41, 5.74) is 1.27. The largest absolute Gasteiger partial charge is 0.308 e. The number of benzene rings is 1. The second-order valence-electron chi connectivity index (χ2n) is 4.10. The zero-order chi connectivity index (χ0) is 12.5. The van der Waals surface area contributed by atoms with Crippen LogP contribution in [0.1, 0.15) is 25.5 Å². The van der Waals surface area contributed by atoms with Crippen LogP contribution in [0.15, 0.2) is 30.3 Å². The van der Waals surface area contributed by atoms with Crippen molar-refractivity contribution in [1.82, 2.24) is 10.2 Å². The van der Waals surface area contributed by atoms with E-state index in [9.17, 15) is 0 Å². The van der Waals surface area contributed by atoms with Gasteiger partial charge in [-0.3, -0.25) is 0 Å². The molecule has 1 aromatic rings. The Morgan fingerprint density at radius 3 is 2.35 bits per heavy atom. The van der Waals surface area contributed by atoms with Crippen molar-refractivity contribution in [2.24, 2.45) is 0 Å². The highest BCUT2D eigenvalue weighted by molar-refractivity contribution is 6.18. The van der Waals surface area contributed by atoms with Gasteiger partial charge in [0.15, 0.2) is 0 Å². The highest BCUT2D eigenvalue weighted by atomic mass is 35.5. The molecule has 17 heavy (non-hydrogen) atoms. The van der Waals surface area contributed by atoms with E-state index in [2.05, 4.69) is 48.3 Å². The molecule has 0 fully saturated rings. The Morgan fingerprint density at radius 2 is 1.82 bits per heavy atom. The smallest absolute Gasteiger partial charge is 0.0457 e. The molecule has 0 saturated carbocycles. The van der Waals surface area contributed by atoms with E-state index in [-0.39, 0.29) is 6.04 Å². The van der Waals surface area contributed by atoms with Crippen molar-refractivity contribution in [2.75, 3.05) is 32.1 Å². The lowest BCUT2D eigenvalue weighted by molar-refractivity contribution is 0.298. The molecule has 0 heterocycles. The summed E-state index contributed by atoms with van der Waals surface area (Å²) in [6.07, 6.45) is 0. The molecule has 3 heteroatoms. The third-order valence-electron chi connectivity index (χ3n) is 3.07. The van der Waals surface area contributed by atoms with Crippen LogP contribution in [0, 0.1) is 0 Å². The molecule has 0 aromatic heterocycles. The van der Waals surface area contributed by atoms with Gasteiger partial charge in [0.1, 0.15) is 0 Å². The Labute approximate surface area is 110 Å². The minimum absolute atomic E-state index is 0.258. The van der Waals surface area contributed by atoms with Crippen molar-refractivity contribution in [1.29, 1.82) is 0 Å². The van der Waals surface area contributed by atoms with Gasteiger partial charge in [0.25, 0.3) is 0 Å². The maximum atomic E-state index is 6.01. The molecule has 0 saturated heterocycles. The Bertz CT molecular complexity index is 286. The molecule has 1 atom stereocenters. The lowest BCUT2D eigenvalue weighted by Crippen LogP contribution is -2.34. The van der Waals surface area contributed by atoms with E-state index in [4.69, 9.17) is 11.6 Å². The molecular weight excluding hydrogens is 232 g/mol. The van der Waals surface area contributed by atoms with E-state index in [1.807, 2.05) is 6.07 Å². The van der Waals surface area contributed by atoms with Crippen molar-refractivity contribution in [3.8, 4) is 0 Å². The molecule has 1 rings (SSSR count). The van der Waals surface area contributed by atoms with Gasteiger partial charge < -0.3 is 10.2 Å². The van der Waals surface area contributed by atoms with Crippen molar-refractivity contribution in [3.63, 3.8) is 0 Å². The van der Waals surface area contributed by atoms with Gasteiger partial charge >= 0.3 is 0 Å². The molecular formula is C14H23ClN2. The number of hydrogen-bond acceptors (Lipinski definition) is 2. The van der Waals surface area contributed by atoms with E-state index < -0.39 is 0 Å². The van der Waals surface area contributed by atoms with E-state index in [0.29, 0.717) is 5.88 Å². The maximum Gasteiger partial charge on any atom is 0.0457 e. The Hall–Kier alpha value is -0.570. The number of rotatable bonds is 8. The first kappa shape index (κ1) is 14.5. The number of alkyl halides is 1. The molecule has 2 nitrogen and oxygen atoms in total. The Balaban J connectivity index is 2.38. The van der Waals surface area contributed by atoms with Crippen LogP contribution in [-0.4, -0.2) is 37.0 Å². The number of halogens is 1. The van der Waals surface area contributed by atoms with Crippen molar-refractivity contribution in [3.05, 3.63) is 35.9 Å². The first-order chi connectivity index (χ1) is 8.31.